The van der Waals surface area contributed by atoms with E-state index in [4.69, 9.17) is 0 Å². The van der Waals surface area contributed by atoms with E-state index in [1.807, 2.05) is 0 Å². The monoisotopic (exact) mass is 376 g/mol. The van der Waals surface area contributed by atoms with E-state index in [-0.39, 0.29) is 6.17 Å². The second kappa shape index (κ2) is 7.14. The van der Waals surface area contributed by atoms with E-state index in [0.29, 0.717) is 0 Å². The first-order valence-corrected chi connectivity index (χ1v) is 10.1. The quantitative estimate of drug-likeness (QED) is 0.381. The summed E-state index contributed by atoms with van der Waals surface area (Å²) in [6.07, 6.45) is 0.222. The second-order valence-corrected chi connectivity index (χ2v) is 7.54. The number of benzene rings is 4. The summed E-state index contributed by atoms with van der Waals surface area (Å²) in [5, 5.41) is 0. The molecule has 1 aliphatic heterocycles. The molecule has 1 unspecified atom stereocenters. The van der Waals surface area contributed by atoms with Gasteiger partial charge in [-0.1, -0.05) is 91.0 Å². The summed E-state index contributed by atoms with van der Waals surface area (Å²) in [7, 11) is 2.18. The summed E-state index contributed by atoms with van der Waals surface area (Å²) in [6, 6.07) is 36.7. The zero-order chi connectivity index (χ0) is 19.8. The highest BCUT2D eigenvalue weighted by Gasteiger charge is 2.34. The van der Waals surface area contributed by atoms with Gasteiger partial charge in [0.05, 0.1) is 17.1 Å². The molecule has 4 aromatic carbocycles. The third-order valence-electron chi connectivity index (χ3n) is 5.90. The standard InChI is InChI=1S/C27H24N2/c1-20-28(2)25-18-9-10-19-26(25)29(20)27-23(21-12-5-3-6-13-21)16-11-17-24(27)22-14-7-4-8-15-22/h3-20H,1-2H3. The van der Waals surface area contributed by atoms with Gasteiger partial charge < -0.3 is 9.80 Å². The largest absolute Gasteiger partial charge is 0.353 e. The van der Waals surface area contributed by atoms with Crippen molar-refractivity contribution in [3.8, 4) is 22.3 Å². The summed E-state index contributed by atoms with van der Waals surface area (Å²) in [5.74, 6) is 0. The average molecular weight is 377 g/mol. The average Bonchev–Trinajstić information content (AvgIpc) is 3.04. The highest BCUT2D eigenvalue weighted by Crippen LogP contribution is 2.49. The molecule has 0 aliphatic carbocycles. The van der Waals surface area contributed by atoms with Gasteiger partial charge in [-0.15, -0.1) is 0 Å². The highest BCUT2D eigenvalue weighted by molar-refractivity contribution is 5.97. The number of hydrogen-bond donors (Lipinski definition) is 0. The van der Waals surface area contributed by atoms with E-state index >= 15 is 0 Å². The molecule has 2 heteroatoms. The van der Waals surface area contributed by atoms with Gasteiger partial charge in [0.25, 0.3) is 0 Å². The summed E-state index contributed by atoms with van der Waals surface area (Å²) >= 11 is 0. The molecule has 0 radical (unpaired) electrons. The van der Waals surface area contributed by atoms with Crippen LogP contribution in [0.25, 0.3) is 22.3 Å². The summed E-state index contributed by atoms with van der Waals surface area (Å²) in [6.45, 7) is 2.27. The van der Waals surface area contributed by atoms with Crippen molar-refractivity contribution in [3.05, 3.63) is 103 Å². The van der Waals surface area contributed by atoms with Gasteiger partial charge in [-0.2, -0.15) is 0 Å². The van der Waals surface area contributed by atoms with Crippen LogP contribution in [0.5, 0.6) is 0 Å². The van der Waals surface area contributed by atoms with Crippen LogP contribution in [0, 0.1) is 0 Å². The van der Waals surface area contributed by atoms with Crippen LogP contribution in [0.2, 0.25) is 0 Å². The Morgan fingerprint density at radius 1 is 0.552 bits per heavy atom. The maximum absolute atomic E-state index is 2.49. The van der Waals surface area contributed by atoms with Crippen molar-refractivity contribution >= 4 is 17.1 Å². The topological polar surface area (TPSA) is 6.48 Å². The predicted octanol–water partition coefficient (Wildman–Crippen LogP) is 6.95. The zero-order valence-corrected chi connectivity index (χ0v) is 16.8. The number of fused-ring (bicyclic) bond motifs is 1. The lowest BCUT2D eigenvalue weighted by atomic mass is 9.94. The lowest BCUT2D eigenvalue weighted by molar-refractivity contribution is 0.735. The molecule has 1 heterocycles. The van der Waals surface area contributed by atoms with Crippen molar-refractivity contribution in [1.29, 1.82) is 0 Å². The number of para-hydroxylation sites is 3. The van der Waals surface area contributed by atoms with Gasteiger partial charge >= 0.3 is 0 Å². The molecule has 0 saturated heterocycles. The predicted molar refractivity (Wildman–Crippen MR) is 124 cm³/mol. The number of hydrogen-bond acceptors (Lipinski definition) is 2. The van der Waals surface area contributed by atoms with Gasteiger partial charge in [0, 0.05) is 18.2 Å². The molecule has 4 aromatic rings. The highest BCUT2D eigenvalue weighted by atomic mass is 15.4. The number of rotatable bonds is 3. The van der Waals surface area contributed by atoms with Gasteiger partial charge in [0.2, 0.25) is 0 Å². The first-order chi connectivity index (χ1) is 14.3. The fourth-order valence-electron chi connectivity index (χ4n) is 4.35. The molecule has 1 atom stereocenters. The van der Waals surface area contributed by atoms with Crippen molar-refractivity contribution in [2.24, 2.45) is 0 Å². The Labute approximate surface area is 172 Å². The molecule has 1 aliphatic rings. The zero-order valence-electron chi connectivity index (χ0n) is 16.8. The Balaban J connectivity index is 1.81. The first-order valence-electron chi connectivity index (χ1n) is 10.1. The van der Waals surface area contributed by atoms with Crippen LogP contribution in [-0.4, -0.2) is 13.2 Å². The van der Waals surface area contributed by atoms with E-state index in [0.717, 1.165) is 0 Å². The van der Waals surface area contributed by atoms with Crippen LogP contribution in [0.15, 0.2) is 103 Å². The Bertz CT molecular complexity index is 1080. The molecule has 0 bridgehead atoms. The van der Waals surface area contributed by atoms with Crippen molar-refractivity contribution in [3.63, 3.8) is 0 Å². The van der Waals surface area contributed by atoms with Gasteiger partial charge in [-0.25, -0.2) is 0 Å². The maximum Gasteiger partial charge on any atom is 0.103 e. The van der Waals surface area contributed by atoms with Crippen LogP contribution < -0.4 is 9.80 Å². The minimum absolute atomic E-state index is 0.222. The molecular formula is C27H24N2. The molecule has 0 aromatic heterocycles. The fourth-order valence-corrected chi connectivity index (χ4v) is 4.35. The van der Waals surface area contributed by atoms with E-state index < -0.39 is 0 Å². The maximum atomic E-state index is 2.49. The fraction of sp³-hybridized carbons (Fsp3) is 0.111. The minimum Gasteiger partial charge on any atom is -0.353 e. The molecule has 29 heavy (non-hydrogen) atoms. The lowest BCUT2D eigenvalue weighted by Crippen LogP contribution is -2.36. The lowest BCUT2D eigenvalue weighted by Gasteiger charge is -2.31. The van der Waals surface area contributed by atoms with Crippen molar-refractivity contribution in [1.82, 2.24) is 0 Å². The van der Waals surface area contributed by atoms with Crippen molar-refractivity contribution in [2.75, 3.05) is 16.8 Å². The van der Waals surface area contributed by atoms with Gasteiger partial charge in [0.15, 0.2) is 0 Å². The molecule has 2 nitrogen and oxygen atoms in total. The normalized spacial score (nSPS) is 15.4. The van der Waals surface area contributed by atoms with E-state index in [1.165, 1.54) is 39.3 Å². The SMILES string of the molecule is CC1N(C)c2ccccc2N1c1c(-c2ccccc2)cccc1-c1ccccc1. The molecule has 0 amide bonds. The molecule has 0 saturated carbocycles. The molecule has 0 spiro atoms. The van der Waals surface area contributed by atoms with Crippen LogP contribution >= 0.6 is 0 Å². The molecule has 5 rings (SSSR count). The molecular weight excluding hydrogens is 352 g/mol. The summed E-state index contributed by atoms with van der Waals surface area (Å²) < 4.78 is 0. The molecule has 142 valence electrons. The Hall–Kier alpha value is -3.52. The summed E-state index contributed by atoms with van der Waals surface area (Å²) in [5.41, 5.74) is 8.76. The van der Waals surface area contributed by atoms with Crippen LogP contribution in [0.3, 0.4) is 0 Å². The van der Waals surface area contributed by atoms with Crippen LogP contribution in [0.1, 0.15) is 6.92 Å². The Morgan fingerprint density at radius 3 is 1.59 bits per heavy atom. The third-order valence-corrected chi connectivity index (χ3v) is 5.90. The van der Waals surface area contributed by atoms with Gasteiger partial charge in [-0.05, 0) is 30.2 Å². The smallest absolute Gasteiger partial charge is 0.103 e. The van der Waals surface area contributed by atoms with E-state index in [9.17, 15) is 0 Å². The minimum atomic E-state index is 0.222. The Morgan fingerprint density at radius 2 is 1.03 bits per heavy atom. The number of nitrogens with zero attached hydrogens (tertiary/aromatic N) is 2. The van der Waals surface area contributed by atoms with Gasteiger partial charge in [-0.3, -0.25) is 0 Å². The summed E-state index contributed by atoms with van der Waals surface area (Å²) in [4.78, 5) is 4.84. The van der Waals surface area contributed by atoms with Crippen LogP contribution in [0.4, 0.5) is 17.1 Å². The van der Waals surface area contributed by atoms with Crippen molar-refractivity contribution in [2.45, 2.75) is 13.1 Å². The molecule has 0 fully saturated rings. The Kier molecular flexibility index (Phi) is 4.33. The van der Waals surface area contributed by atoms with Crippen LogP contribution in [-0.2, 0) is 0 Å². The number of anilines is 3. The van der Waals surface area contributed by atoms with Gasteiger partial charge in [0.1, 0.15) is 6.17 Å². The molecule has 0 N–H and O–H groups in total. The third kappa shape index (κ3) is 2.89. The second-order valence-electron chi connectivity index (χ2n) is 7.54. The van der Waals surface area contributed by atoms with E-state index in [1.54, 1.807) is 0 Å². The van der Waals surface area contributed by atoms with E-state index in [2.05, 4.69) is 127 Å². The first kappa shape index (κ1) is 17.6. The van der Waals surface area contributed by atoms with Crippen molar-refractivity contribution < 1.29 is 0 Å².